The van der Waals surface area contributed by atoms with E-state index in [9.17, 15) is 9.35 Å². The number of benzene rings is 2. The average molecular weight is 442 g/mol. The van der Waals surface area contributed by atoms with Crippen LogP contribution in [0.4, 0.5) is 10.5 Å². The Morgan fingerprint density at radius 1 is 1.18 bits per heavy atom. The Morgan fingerprint density at radius 2 is 1.89 bits per heavy atom. The second-order valence-corrected chi connectivity index (χ2v) is 9.33. The van der Waals surface area contributed by atoms with Crippen molar-refractivity contribution >= 4 is 46.2 Å². The minimum absolute atomic E-state index is 0.404. The first-order chi connectivity index (χ1) is 13.3. The Labute approximate surface area is 177 Å². The minimum Gasteiger partial charge on any atom is -0.611 e. The van der Waals surface area contributed by atoms with Gasteiger partial charge in [-0.25, -0.2) is 4.79 Å². The lowest BCUT2D eigenvalue weighted by Crippen LogP contribution is -2.34. The number of hydrogen-bond donors (Lipinski definition) is 1. The van der Waals surface area contributed by atoms with E-state index in [0.29, 0.717) is 33.8 Å². The van der Waals surface area contributed by atoms with Crippen molar-refractivity contribution in [2.45, 2.75) is 37.2 Å². The van der Waals surface area contributed by atoms with Gasteiger partial charge < -0.3 is 14.0 Å². The molecule has 1 amide bonds. The third kappa shape index (κ3) is 5.06. The maximum atomic E-state index is 12.3. The molecule has 1 aliphatic rings. The van der Waals surface area contributed by atoms with Crippen molar-refractivity contribution in [1.29, 1.82) is 0 Å². The zero-order chi connectivity index (χ0) is 20.3. The number of cyclic esters (lactones) is 1. The Hall–Kier alpha value is -1.60. The molecule has 2 aromatic rings. The van der Waals surface area contributed by atoms with E-state index in [0.717, 1.165) is 23.3 Å². The van der Waals surface area contributed by atoms with Gasteiger partial charge in [-0.05, 0) is 68.2 Å². The Balaban J connectivity index is 1.52. The van der Waals surface area contributed by atoms with Crippen molar-refractivity contribution in [3.63, 3.8) is 0 Å². The normalized spacial score (nSPS) is 16.0. The van der Waals surface area contributed by atoms with E-state index < -0.39 is 22.9 Å². The number of fused-ring (bicyclic) bond motifs is 1. The summed E-state index contributed by atoms with van der Waals surface area (Å²) in [6.45, 7) is 4.08. The highest BCUT2D eigenvalue weighted by Crippen LogP contribution is 2.42. The number of amides is 1. The summed E-state index contributed by atoms with van der Waals surface area (Å²) < 4.78 is 23.4. The molecule has 0 aromatic heterocycles. The highest BCUT2D eigenvalue weighted by molar-refractivity contribution is 7.91. The van der Waals surface area contributed by atoms with Gasteiger partial charge in [0.2, 0.25) is 0 Å². The fourth-order valence-electron chi connectivity index (χ4n) is 2.91. The quantitative estimate of drug-likeness (QED) is 0.437. The molecule has 1 heterocycles. The smallest absolute Gasteiger partial charge is 0.412 e. The van der Waals surface area contributed by atoms with E-state index in [1.807, 2.05) is 6.07 Å². The largest absolute Gasteiger partial charge is 0.611 e. The van der Waals surface area contributed by atoms with E-state index in [1.54, 1.807) is 44.2 Å². The minimum atomic E-state index is -1.05. The van der Waals surface area contributed by atoms with Gasteiger partial charge in [-0.1, -0.05) is 23.2 Å². The Kier molecular flexibility index (Phi) is 6.65. The maximum absolute atomic E-state index is 12.3. The molecule has 0 saturated carbocycles. The van der Waals surface area contributed by atoms with Crippen molar-refractivity contribution in [1.82, 2.24) is 0 Å². The number of rotatable bonds is 7. The summed E-state index contributed by atoms with van der Waals surface area (Å²) in [4.78, 5) is 12.4. The molecule has 0 spiro atoms. The van der Waals surface area contributed by atoms with Gasteiger partial charge >= 0.3 is 6.09 Å². The number of unbranched alkanes of at least 4 members (excludes halogenated alkanes) is 1. The van der Waals surface area contributed by atoms with Crippen LogP contribution >= 0.6 is 23.2 Å². The molecule has 3 rings (SSSR count). The van der Waals surface area contributed by atoms with Crippen LogP contribution in [-0.4, -0.2) is 23.0 Å². The molecular weight excluding hydrogens is 421 g/mol. The molecule has 1 N–H and O–H groups in total. The lowest BCUT2D eigenvalue weighted by Gasteiger charge is -2.33. The van der Waals surface area contributed by atoms with Crippen LogP contribution in [0.15, 0.2) is 41.3 Å². The molecule has 0 bridgehead atoms. The second kappa shape index (κ2) is 8.82. The second-order valence-electron chi connectivity index (χ2n) is 6.91. The predicted octanol–water partition coefficient (Wildman–Crippen LogP) is 5.76. The van der Waals surface area contributed by atoms with Crippen molar-refractivity contribution in [3.05, 3.63) is 52.0 Å². The zero-order valence-electron chi connectivity index (χ0n) is 15.6. The Bertz CT molecular complexity index is 858. The van der Waals surface area contributed by atoms with Crippen LogP contribution in [-0.2, 0) is 21.5 Å². The van der Waals surface area contributed by atoms with Gasteiger partial charge in [0.1, 0.15) is 17.1 Å². The molecule has 0 radical (unpaired) electrons. The van der Waals surface area contributed by atoms with Crippen LogP contribution < -0.4 is 10.1 Å². The monoisotopic (exact) mass is 441 g/mol. The summed E-state index contributed by atoms with van der Waals surface area (Å²) >= 11 is 11.1. The van der Waals surface area contributed by atoms with E-state index in [1.165, 1.54) is 0 Å². The van der Waals surface area contributed by atoms with Crippen LogP contribution in [0.5, 0.6) is 5.75 Å². The highest BCUT2D eigenvalue weighted by Gasteiger charge is 2.35. The van der Waals surface area contributed by atoms with Gasteiger partial charge in [-0.2, -0.15) is 0 Å². The molecule has 1 unspecified atom stereocenters. The topological polar surface area (TPSA) is 70.6 Å². The number of halogens is 2. The van der Waals surface area contributed by atoms with Crippen LogP contribution in [0, 0.1) is 0 Å². The first kappa shape index (κ1) is 21.1. The van der Waals surface area contributed by atoms with Gasteiger partial charge in [0.05, 0.1) is 17.3 Å². The summed E-state index contributed by atoms with van der Waals surface area (Å²) in [6, 6.07) is 10.6. The predicted molar refractivity (Wildman–Crippen MR) is 112 cm³/mol. The molecule has 1 aliphatic heterocycles. The zero-order valence-corrected chi connectivity index (χ0v) is 17.9. The molecule has 8 heteroatoms. The summed E-state index contributed by atoms with van der Waals surface area (Å²) in [5.74, 6) is 1.17. The maximum Gasteiger partial charge on any atom is 0.412 e. The van der Waals surface area contributed by atoms with Crippen molar-refractivity contribution in [2.24, 2.45) is 0 Å². The van der Waals surface area contributed by atoms with Gasteiger partial charge in [-0.3, -0.25) is 5.32 Å². The molecule has 1 atom stereocenters. The molecule has 150 valence electrons. The third-order valence-corrected chi connectivity index (χ3v) is 6.36. The summed E-state index contributed by atoms with van der Waals surface area (Å²) in [7, 11) is 0. The summed E-state index contributed by atoms with van der Waals surface area (Å²) in [5.41, 5.74) is 0.517. The molecular formula is C20H21Cl2NO4S. The van der Waals surface area contributed by atoms with Gasteiger partial charge in [0, 0.05) is 16.7 Å². The van der Waals surface area contributed by atoms with Crippen LogP contribution in [0.3, 0.4) is 0 Å². The first-order valence-corrected chi connectivity index (χ1v) is 10.9. The number of nitrogens with one attached hydrogen (secondary N) is 1. The Morgan fingerprint density at radius 3 is 2.61 bits per heavy atom. The lowest BCUT2D eigenvalue weighted by molar-refractivity contribution is 0.0418. The van der Waals surface area contributed by atoms with E-state index in [2.05, 4.69) is 5.32 Å². The molecule has 2 aromatic carbocycles. The summed E-state index contributed by atoms with van der Waals surface area (Å²) in [6.07, 6.45) is 0.991. The van der Waals surface area contributed by atoms with Crippen LogP contribution in [0.2, 0.25) is 10.0 Å². The molecule has 5 nitrogen and oxygen atoms in total. The SMILES string of the molecule is CC1(C)OC(=O)Nc2c(Cl)cc(OCCCC[S+]([O-])c3ccc(Cl)cc3)cc21. The van der Waals surface area contributed by atoms with E-state index in [-0.39, 0.29) is 0 Å². The molecule has 0 fully saturated rings. The molecule has 28 heavy (non-hydrogen) atoms. The summed E-state index contributed by atoms with van der Waals surface area (Å²) in [5, 5.41) is 3.66. The molecule has 0 aliphatic carbocycles. The van der Waals surface area contributed by atoms with Gasteiger partial charge in [0.15, 0.2) is 4.90 Å². The van der Waals surface area contributed by atoms with E-state index in [4.69, 9.17) is 32.7 Å². The standard InChI is InChI=1S/C20H21Cl2NO4S/c1-20(2)16-11-14(12-17(22)18(16)23-19(24)27-20)26-9-3-4-10-28(25)15-7-5-13(21)6-8-15/h5-8,11-12H,3-4,9-10H2,1-2H3,(H,23,24). The van der Waals surface area contributed by atoms with Crippen molar-refractivity contribution in [2.75, 3.05) is 17.7 Å². The number of hydrogen-bond acceptors (Lipinski definition) is 4. The highest BCUT2D eigenvalue weighted by atomic mass is 35.5. The van der Waals surface area contributed by atoms with Crippen LogP contribution in [0.25, 0.3) is 0 Å². The number of carbonyl (C=O) groups excluding carboxylic acids is 1. The van der Waals surface area contributed by atoms with E-state index >= 15 is 0 Å². The number of anilines is 1. The lowest BCUT2D eigenvalue weighted by atomic mass is 9.94. The first-order valence-electron chi connectivity index (χ1n) is 8.87. The van der Waals surface area contributed by atoms with Crippen molar-refractivity contribution < 1.29 is 18.8 Å². The van der Waals surface area contributed by atoms with Gasteiger partial charge in [-0.15, -0.1) is 0 Å². The fraction of sp³-hybridized carbons (Fsp3) is 0.350. The molecule has 0 saturated heterocycles. The average Bonchev–Trinajstić information content (AvgIpc) is 2.62. The fourth-order valence-corrected chi connectivity index (χ4v) is 4.44. The third-order valence-electron chi connectivity index (χ3n) is 4.36. The number of ether oxygens (including phenoxy) is 2. The van der Waals surface area contributed by atoms with Crippen LogP contribution in [0.1, 0.15) is 32.3 Å². The van der Waals surface area contributed by atoms with Crippen molar-refractivity contribution in [3.8, 4) is 5.75 Å². The van der Waals surface area contributed by atoms with Gasteiger partial charge in [0.25, 0.3) is 0 Å². The number of carbonyl (C=O) groups is 1.